The monoisotopic (exact) mass is 717 g/mol. The van der Waals surface area contributed by atoms with Gasteiger partial charge in [-0.3, -0.25) is 24.1 Å². The molecule has 2 amide bonds. The van der Waals surface area contributed by atoms with E-state index in [9.17, 15) is 44.7 Å². The van der Waals surface area contributed by atoms with E-state index in [1.807, 2.05) is 0 Å². The fraction of sp³-hybridized carbons (Fsp3) is 0.622. The molecule has 0 aliphatic heterocycles. The molecule has 3 aliphatic rings. The van der Waals surface area contributed by atoms with Crippen molar-refractivity contribution in [3.8, 4) is 5.75 Å². The van der Waals surface area contributed by atoms with Crippen molar-refractivity contribution in [1.82, 2.24) is 4.90 Å². The number of unbranched alkanes of at least 4 members (excludes halogenated alkanes) is 8. The number of nitrogens with one attached hydrogen (secondary N) is 1. The molecule has 0 bridgehead atoms. The summed E-state index contributed by atoms with van der Waals surface area (Å²) in [6, 6.07) is 1.70. The van der Waals surface area contributed by atoms with Crippen LogP contribution in [0.15, 0.2) is 34.8 Å². The quantitative estimate of drug-likeness (QED) is 0.0597. The SMILES string of the molecule is C[C@H]1c2ccc(NC(=O)CCCCCCCCCCC[PH](C)(C)C)c(O)c2C(=O)C2=C(O)[C@]3(O)C(=O)C(C(N)=O)=C(O)[C@@H](N(C)C)[C@@H]3[C@@H](O)[C@@H]21. The Hall–Kier alpha value is -3.31. The van der Waals surface area contributed by atoms with Gasteiger partial charge in [-0.2, -0.15) is 0 Å². The van der Waals surface area contributed by atoms with Gasteiger partial charge in [0.1, 0.15) is 17.1 Å². The summed E-state index contributed by atoms with van der Waals surface area (Å²) < 4.78 is 0. The van der Waals surface area contributed by atoms with Crippen molar-refractivity contribution in [2.75, 3.05) is 45.6 Å². The van der Waals surface area contributed by atoms with Gasteiger partial charge in [0.25, 0.3) is 5.91 Å². The van der Waals surface area contributed by atoms with E-state index in [1.165, 1.54) is 63.3 Å². The first-order valence-corrected chi connectivity index (χ1v) is 21.6. The third kappa shape index (κ3) is 7.49. The second-order valence-electron chi connectivity index (χ2n) is 15.8. The van der Waals surface area contributed by atoms with Crippen LogP contribution in [0, 0.1) is 11.8 Å². The number of nitrogens with zero attached hydrogens (tertiary/aromatic N) is 1. The molecule has 0 unspecified atom stereocenters. The van der Waals surface area contributed by atoms with E-state index >= 15 is 0 Å². The number of ketones is 2. The fourth-order valence-corrected chi connectivity index (χ4v) is 9.43. The smallest absolute Gasteiger partial charge is 0.255 e. The maximum atomic E-state index is 14.1. The average Bonchev–Trinajstić information content (AvgIpc) is 3.01. The number of aliphatic hydroxyl groups excluding tert-OH is 3. The Kier molecular flexibility index (Phi) is 12.2. The van der Waals surface area contributed by atoms with Crippen LogP contribution >= 0.6 is 7.26 Å². The molecule has 50 heavy (non-hydrogen) atoms. The molecular formula is C37H56N3O9P. The number of hydrogen-bond acceptors (Lipinski definition) is 10. The van der Waals surface area contributed by atoms with E-state index in [0.29, 0.717) is 12.0 Å². The zero-order chi connectivity index (χ0) is 37.3. The largest absolute Gasteiger partial charge is 0.510 e. The van der Waals surface area contributed by atoms with Gasteiger partial charge in [0.2, 0.25) is 5.78 Å². The Morgan fingerprint density at radius 2 is 1.50 bits per heavy atom. The summed E-state index contributed by atoms with van der Waals surface area (Å²) in [5.74, 6) is -9.96. The summed E-state index contributed by atoms with van der Waals surface area (Å²) in [6.45, 7) is 8.88. The molecular weight excluding hydrogens is 661 g/mol. The summed E-state index contributed by atoms with van der Waals surface area (Å²) in [5, 5.41) is 60.0. The molecule has 0 spiro atoms. The third-order valence-corrected chi connectivity index (χ3v) is 12.6. The number of hydrogen-bond donors (Lipinski definition) is 7. The number of nitrogens with two attached hydrogens (primary N) is 1. The predicted molar refractivity (Wildman–Crippen MR) is 196 cm³/mol. The number of aliphatic hydroxyl groups is 4. The number of benzene rings is 1. The third-order valence-electron chi connectivity index (χ3n) is 10.7. The minimum atomic E-state index is -2.99. The van der Waals surface area contributed by atoms with Gasteiger partial charge in [-0.1, -0.05) is 13.0 Å². The molecule has 4 rings (SSSR count). The normalized spacial score (nSPS) is 26.9. The van der Waals surface area contributed by atoms with E-state index in [0.717, 1.165) is 19.3 Å². The van der Waals surface area contributed by atoms with E-state index in [4.69, 9.17) is 5.73 Å². The summed E-state index contributed by atoms with van der Waals surface area (Å²) in [5.41, 5.74) is 1.00. The molecule has 0 radical (unpaired) electrons. The predicted octanol–water partition coefficient (Wildman–Crippen LogP) is 4.13. The second-order valence-corrected chi connectivity index (χ2v) is 21.4. The summed E-state index contributed by atoms with van der Waals surface area (Å²) in [7, 11) is 2.01. The maximum absolute atomic E-state index is 14.1. The van der Waals surface area contributed by atoms with Crippen molar-refractivity contribution >= 4 is 36.3 Å². The first-order valence-electron chi connectivity index (χ1n) is 17.8. The van der Waals surface area contributed by atoms with Crippen molar-refractivity contribution in [3.05, 3.63) is 45.9 Å². The molecule has 0 saturated heterocycles. The molecule has 0 fully saturated rings. The molecule has 0 heterocycles. The van der Waals surface area contributed by atoms with Crippen LogP contribution in [0.25, 0.3) is 0 Å². The minimum Gasteiger partial charge on any atom is -0.510 e. The van der Waals surface area contributed by atoms with E-state index < -0.39 is 88.7 Å². The van der Waals surface area contributed by atoms with Gasteiger partial charge in [-0.15, -0.1) is 0 Å². The molecule has 3 aliphatic carbocycles. The number of primary amides is 1. The van der Waals surface area contributed by atoms with Crippen LogP contribution in [0.1, 0.15) is 93.0 Å². The van der Waals surface area contributed by atoms with Crippen molar-refractivity contribution in [3.63, 3.8) is 0 Å². The van der Waals surface area contributed by atoms with Gasteiger partial charge in [0.05, 0.1) is 29.3 Å². The first kappa shape index (κ1) is 39.5. The topological polar surface area (TPSA) is 211 Å². The number of carbonyl (C=O) groups is 4. The standard InChI is InChI=1S/C37H56N3O9P/c1-20-21-17-18-22(39-23(41)16-14-12-10-8-7-9-11-13-15-19-50(4,5)6)30(42)25(21)31(43)26-24(20)32(44)28-29(40(2)3)33(45)27(36(38)48)35(47)37(28,49)34(26)46/h17-18,20,24,28-29,32,42,44-46,49-50H,7-16,19H2,1-6H3,(H2,38,48)(H,39,41)/t20-,24+,28+,29-,32-,37-/m0/s1. The second kappa shape index (κ2) is 15.5. The molecule has 0 saturated carbocycles. The van der Waals surface area contributed by atoms with Gasteiger partial charge in [0.15, 0.2) is 17.1 Å². The summed E-state index contributed by atoms with van der Waals surface area (Å²) in [4.78, 5) is 54.0. The van der Waals surface area contributed by atoms with Gasteiger partial charge < -0.3 is 36.6 Å². The number of Topliss-reactive ketones (excluding diaryl/α,β-unsaturated/α-hetero) is 2. The number of fused-ring (bicyclic) bond motifs is 3. The molecule has 278 valence electrons. The number of likely N-dealkylation sites (N-methyl/N-ethyl adjacent to an activating group) is 1. The molecule has 1 aromatic carbocycles. The summed E-state index contributed by atoms with van der Waals surface area (Å²) >= 11 is 0. The van der Waals surface area contributed by atoms with Crippen LogP contribution in [0.2, 0.25) is 0 Å². The number of carbonyl (C=O) groups excluding carboxylic acids is 4. The van der Waals surface area contributed by atoms with Crippen molar-refractivity contribution in [2.24, 2.45) is 17.6 Å². The average molecular weight is 718 g/mol. The van der Waals surface area contributed by atoms with Crippen LogP contribution < -0.4 is 11.1 Å². The van der Waals surface area contributed by atoms with Crippen molar-refractivity contribution in [2.45, 2.75) is 94.8 Å². The van der Waals surface area contributed by atoms with Crippen molar-refractivity contribution < 1.29 is 44.7 Å². The Morgan fingerprint density at radius 1 is 0.940 bits per heavy atom. The van der Waals surface area contributed by atoms with Crippen LogP contribution in [-0.4, -0.2) is 112 Å². The minimum absolute atomic E-state index is 0.0137. The summed E-state index contributed by atoms with van der Waals surface area (Å²) in [6.07, 6.45) is 9.97. The molecule has 0 aromatic heterocycles. The number of phenolic OH excluding ortho intramolecular Hbond substituents is 1. The molecule has 8 N–H and O–H groups in total. The molecule has 6 atom stereocenters. The number of rotatable bonds is 15. The van der Waals surface area contributed by atoms with Crippen LogP contribution in [0.4, 0.5) is 5.69 Å². The van der Waals surface area contributed by atoms with E-state index in [1.54, 1.807) is 13.0 Å². The van der Waals surface area contributed by atoms with Gasteiger partial charge >= 0.3 is 104 Å². The van der Waals surface area contributed by atoms with Crippen molar-refractivity contribution in [1.29, 1.82) is 0 Å². The Bertz CT molecular complexity index is 1580. The van der Waals surface area contributed by atoms with E-state index in [-0.39, 0.29) is 23.6 Å². The van der Waals surface area contributed by atoms with Crippen LogP contribution in [0.5, 0.6) is 5.75 Å². The van der Waals surface area contributed by atoms with Gasteiger partial charge in [0, 0.05) is 11.5 Å². The van der Waals surface area contributed by atoms with E-state index in [2.05, 4.69) is 25.3 Å². The zero-order valence-corrected chi connectivity index (χ0v) is 31.2. The number of phenols is 1. The Labute approximate surface area is 295 Å². The zero-order valence-electron chi connectivity index (χ0n) is 30.2. The van der Waals surface area contributed by atoms with Crippen LogP contribution in [0.3, 0.4) is 0 Å². The molecule has 12 nitrogen and oxygen atoms in total. The fourth-order valence-electron chi connectivity index (χ4n) is 8.11. The van der Waals surface area contributed by atoms with Gasteiger partial charge in [-0.05, 0) is 31.6 Å². The molecule has 13 heteroatoms. The number of anilines is 1. The van der Waals surface area contributed by atoms with Crippen LogP contribution in [-0.2, 0) is 14.4 Å². The molecule has 1 aromatic rings. The maximum Gasteiger partial charge on any atom is 0.255 e. The first-order chi connectivity index (χ1) is 23.4. The number of aromatic hydroxyl groups is 1. The Balaban J connectivity index is 1.46. The number of amides is 2. The van der Waals surface area contributed by atoms with Gasteiger partial charge in [-0.25, -0.2) is 0 Å². The Morgan fingerprint density at radius 3 is 2.04 bits per heavy atom.